The molecule has 1 saturated heterocycles. The van der Waals surface area contributed by atoms with Gasteiger partial charge in [0.25, 0.3) is 0 Å². The van der Waals surface area contributed by atoms with Crippen molar-refractivity contribution in [2.45, 2.75) is 50.9 Å². The number of rotatable bonds is 3. The minimum Gasteiger partial charge on any atom is -0.474 e. The van der Waals surface area contributed by atoms with Crippen LogP contribution < -0.4 is 4.74 Å². The van der Waals surface area contributed by atoms with E-state index in [4.69, 9.17) is 21.1 Å². The Bertz CT molecular complexity index is 621. The number of hydrogen-bond acceptors (Lipinski definition) is 3. The van der Waals surface area contributed by atoms with Crippen molar-refractivity contribution in [1.29, 1.82) is 0 Å². The summed E-state index contributed by atoms with van der Waals surface area (Å²) in [6, 6.07) is 9.98. The molecule has 0 N–H and O–H groups in total. The molecule has 2 heterocycles. The molecule has 1 aromatic heterocycles. The van der Waals surface area contributed by atoms with Crippen LogP contribution in [0.5, 0.6) is 5.88 Å². The van der Waals surface area contributed by atoms with Gasteiger partial charge in [0, 0.05) is 30.2 Å². The number of aromatic nitrogens is 1. The molecule has 0 amide bonds. The second-order valence-electron chi connectivity index (χ2n) is 5.74. The third kappa shape index (κ3) is 3.30. The van der Waals surface area contributed by atoms with Crippen molar-refractivity contribution < 1.29 is 9.47 Å². The first-order valence-corrected chi connectivity index (χ1v) is 7.96. The molecule has 1 aliphatic rings. The van der Waals surface area contributed by atoms with Gasteiger partial charge in [-0.05, 0) is 25.5 Å². The van der Waals surface area contributed by atoms with E-state index in [0.717, 1.165) is 29.3 Å². The van der Waals surface area contributed by atoms with Gasteiger partial charge in [0.05, 0.1) is 17.7 Å². The third-order valence-electron chi connectivity index (χ3n) is 3.86. The van der Waals surface area contributed by atoms with Gasteiger partial charge in [-0.25, -0.2) is 4.98 Å². The lowest BCUT2D eigenvalue weighted by atomic mass is 10.0. The fourth-order valence-corrected chi connectivity index (χ4v) is 3.22. The molecule has 1 aliphatic heterocycles. The molecule has 1 fully saturated rings. The van der Waals surface area contributed by atoms with Gasteiger partial charge in [-0.2, -0.15) is 0 Å². The van der Waals surface area contributed by atoms with Crippen LogP contribution in [0.2, 0.25) is 0 Å². The smallest absolute Gasteiger partial charge is 0.214 e. The molecular formula is C17H20ClNO2. The number of fused-ring (bicyclic) bond motifs is 1. The Kier molecular flexibility index (Phi) is 4.32. The molecule has 4 heteroatoms. The van der Waals surface area contributed by atoms with Crippen molar-refractivity contribution in [2.75, 3.05) is 0 Å². The van der Waals surface area contributed by atoms with Crippen LogP contribution in [-0.4, -0.2) is 23.3 Å². The Morgan fingerprint density at radius 2 is 1.95 bits per heavy atom. The normalized spacial score (nSPS) is 26.0. The van der Waals surface area contributed by atoms with E-state index in [2.05, 4.69) is 18.8 Å². The van der Waals surface area contributed by atoms with E-state index >= 15 is 0 Å². The SMILES string of the molecule is CC1CC(Oc2cc(CCl)c3ccccc3n2)CC(C)O1. The molecule has 0 aliphatic carbocycles. The van der Waals surface area contributed by atoms with Crippen molar-refractivity contribution in [3.05, 3.63) is 35.9 Å². The fraction of sp³-hybridized carbons (Fsp3) is 0.471. The second kappa shape index (κ2) is 6.20. The van der Waals surface area contributed by atoms with Crippen molar-refractivity contribution in [3.63, 3.8) is 0 Å². The maximum Gasteiger partial charge on any atom is 0.214 e. The van der Waals surface area contributed by atoms with Crippen LogP contribution in [0.1, 0.15) is 32.3 Å². The summed E-state index contributed by atoms with van der Waals surface area (Å²) in [7, 11) is 0. The van der Waals surface area contributed by atoms with Gasteiger partial charge in [-0.3, -0.25) is 0 Å². The van der Waals surface area contributed by atoms with Gasteiger partial charge in [0.2, 0.25) is 5.88 Å². The predicted molar refractivity (Wildman–Crippen MR) is 85.0 cm³/mol. The zero-order valence-corrected chi connectivity index (χ0v) is 13.1. The van der Waals surface area contributed by atoms with Crippen LogP contribution in [0.3, 0.4) is 0 Å². The summed E-state index contributed by atoms with van der Waals surface area (Å²) < 4.78 is 11.8. The maximum absolute atomic E-state index is 6.10. The van der Waals surface area contributed by atoms with Crippen molar-refractivity contribution in [1.82, 2.24) is 4.98 Å². The zero-order chi connectivity index (χ0) is 14.8. The van der Waals surface area contributed by atoms with E-state index in [-0.39, 0.29) is 18.3 Å². The average molecular weight is 306 g/mol. The number of para-hydroxylation sites is 1. The zero-order valence-electron chi connectivity index (χ0n) is 12.4. The number of alkyl halides is 1. The number of nitrogens with zero attached hydrogens (tertiary/aromatic N) is 1. The van der Waals surface area contributed by atoms with Crippen molar-refractivity contribution in [2.24, 2.45) is 0 Å². The van der Waals surface area contributed by atoms with E-state index in [1.807, 2.05) is 30.3 Å². The molecule has 0 spiro atoms. The molecule has 2 aromatic rings. The van der Waals surface area contributed by atoms with Crippen LogP contribution in [0.25, 0.3) is 10.9 Å². The average Bonchev–Trinajstić information content (AvgIpc) is 2.45. The van der Waals surface area contributed by atoms with Gasteiger partial charge in [-0.1, -0.05) is 18.2 Å². The lowest BCUT2D eigenvalue weighted by molar-refractivity contribution is -0.0729. The highest BCUT2D eigenvalue weighted by molar-refractivity contribution is 6.18. The summed E-state index contributed by atoms with van der Waals surface area (Å²) in [4.78, 5) is 4.61. The topological polar surface area (TPSA) is 31.4 Å². The van der Waals surface area contributed by atoms with E-state index in [0.29, 0.717) is 11.8 Å². The summed E-state index contributed by atoms with van der Waals surface area (Å²) >= 11 is 6.06. The van der Waals surface area contributed by atoms with Gasteiger partial charge >= 0.3 is 0 Å². The number of benzene rings is 1. The molecule has 21 heavy (non-hydrogen) atoms. The Morgan fingerprint density at radius 1 is 1.24 bits per heavy atom. The van der Waals surface area contributed by atoms with E-state index < -0.39 is 0 Å². The Balaban J connectivity index is 1.87. The van der Waals surface area contributed by atoms with Crippen molar-refractivity contribution >= 4 is 22.5 Å². The first kappa shape index (κ1) is 14.6. The highest BCUT2D eigenvalue weighted by Gasteiger charge is 2.26. The summed E-state index contributed by atoms with van der Waals surface area (Å²) in [5, 5.41) is 1.09. The fourth-order valence-electron chi connectivity index (χ4n) is 3.00. The van der Waals surface area contributed by atoms with E-state index in [1.165, 1.54) is 0 Å². The van der Waals surface area contributed by atoms with Gasteiger partial charge < -0.3 is 9.47 Å². The molecule has 112 valence electrons. The van der Waals surface area contributed by atoms with Crippen LogP contribution in [-0.2, 0) is 10.6 Å². The molecular weight excluding hydrogens is 286 g/mol. The first-order chi connectivity index (χ1) is 10.2. The van der Waals surface area contributed by atoms with Crippen LogP contribution in [0.15, 0.2) is 30.3 Å². The van der Waals surface area contributed by atoms with Crippen molar-refractivity contribution in [3.8, 4) is 5.88 Å². The van der Waals surface area contributed by atoms with Gasteiger partial charge in [0.15, 0.2) is 0 Å². The molecule has 3 rings (SSSR count). The largest absolute Gasteiger partial charge is 0.474 e. The molecule has 3 nitrogen and oxygen atoms in total. The molecule has 0 saturated carbocycles. The van der Waals surface area contributed by atoms with Crippen LogP contribution in [0.4, 0.5) is 0 Å². The summed E-state index contributed by atoms with van der Waals surface area (Å²) in [5.74, 6) is 1.12. The quantitative estimate of drug-likeness (QED) is 0.792. The molecule has 2 atom stereocenters. The maximum atomic E-state index is 6.10. The number of halogens is 1. The van der Waals surface area contributed by atoms with E-state index in [1.54, 1.807) is 0 Å². The Hall–Kier alpha value is -1.32. The minimum atomic E-state index is 0.153. The minimum absolute atomic E-state index is 0.153. The number of ether oxygens (including phenoxy) is 2. The Labute approximate surface area is 130 Å². The highest BCUT2D eigenvalue weighted by Crippen LogP contribution is 2.27. The molecule has 2 unspecified atom stereocenters. The second-order valence-corrected chi connectivity index (χ2v) is 6.01. The lowest BCUT2D eigenvalue weighted by Gasteiger charge is -2.32. The molecule has 1 aromatic carbocycles. The molecule has 0 radical (unpaired) electrons. The van der Waals surface area contributed by atoms with Gasteiger partial charge in [-0.15, -0.1) is 11.6 Å². The third-order valence-corrected chi connectivity index (χ3v) is 4.15. The summed E-state index contributed by atoms with van der Waals surface area (Å²) in [5.41, 5.74) is 1.99. The number of hydrogen-bond donors (Lipinski definition) is 0. The van der Waals surface area contributed by atoms with Gasteiger partial charge in [0.1, 0.15) is 6.10 Å². The Morgan fingerprint density at radius 3 is 2.67 bits per heavy atom. The summed E-state index contributed by atoms with van der Waals surface area (Å²) in [6.07, 6.45) is 2.41. The van der Waals surface area contributed by atoms with Crippen LogP contribution >= 0.6 is 11.6 Å². The van der Waals surface area contributed by atoms with Crippen LogP contribution in [0, 0.1) is 0 Å². The first-order valence-electron chi connectivity index (χ1n) is 7.42. The highest BCUT2D eigenvalue weighted by atomic mass is 35.5. The monoisotopic (exact) mass is 305 g/mol. The summed E-state index contributed by atoms with van der Waals surface area (Å²) in [6.45, 7) is 4.17. The standard InChI is InChI=1S/C17H20ClNO2/c1-11-7-14(8-12(2)20-11)21-17-9-13(10-18)15-5-3-4-6-16(15)19-17/h3-6,9,11-12,14H,7-8,10H2,1-2H3. The lowest BCUT2D eigenvalue weighted by Crippen LogP contribution is -2.35. The van der Waals surface area contributed by atoms with E-state index in [9.17, 15) is 0 Å². The molecule has 0 bridgehead atoms. The predicted octanol–water partition coefficient (Wildman–Crippen LogP) is 4.31. The number of pyridine rings is 1.